The Morgan fingerprint density at radius 2 is 2.07 bits per heavy atom. The second-order valence-corrected chi connectivity index (χ2v) is 6.76. The number of benzene rings is 2. The number of ether oxygens (including phenoxy) is 3. The van der Waals surface area contributed by atoms with E-state index in [1.54, 1.807) is 0 Å². The summed E-state index contributed by atoms with van der Waals surface area (Å²) in [7, 11) is 0. The monoisotopic (exact) mass is 389 g/mol. The Bertz CT molecular complexity index is 1040. The van der Waals surface area contributed by atoms with Crippen molar-refractivity contribution in [3.05, 3.63) is 48.0 Å². The molecule has 1 aliphatic rings. The van der Waals surface area contributed by atoms with Gasteiger partial charge in [-0.25, -0.2) is 0 Å². The fourth-order valence-electron chi connectivity index (χ4n) is 3.37. The Kier molecular flexibility index (Phi) is 5.89. The van der Waals surface area contributed by atoms with Gasteiger partial charge in [0.2, 0.25) is 0 Å². The van der Waals surface area contributed by atoms with Crippen molar-refractivity contribution in [1.82, 2.24) is 10.2 Å². The van der Waals surface area contributed by atoms with Crippen LogP contribution in [-0.4, -0.2) is 42.9 Å². The molecule has 2 aromatic carbocycles. The predicted molar refractivity (Wildman–Crippen MR) is 113 cm³/mol. The first-order valence-corrected chi connectivity index (χ1v) is 9.71. The van der Waals surface area contributed by atoms with Crippen LogP contribution in [0.25, 0.3) is 22.0 Å². The molecule has 4 rings (SSSR count). The summed E-state index contributed by atoms with van der Waals surface area (Å²) in [4.78, 5) is 0. The molecule has 0 spiro atoms. The Morgan fingerprint density at radius 1 is 1.21 bits per heavy atom. The highest BCUT2D eigenvalue weighted by atomic mass is 16.7. The van der Waals surface area contributed by atoms with E-state index in [2.05, 4.69) is 21.4 Å². The van der Waals surface area contributed by atoms with Gasteiger partial charge in [-0.1, -0.05) is 30.2 Å². The number of fused-ring (bicyclic) bond motifs is 1. The van der Waals surface area contributed by atoms with Crippen molar-refractivity contribution in [3.63, 3.8) is 0 Å². The van der Waals surface area contributed by atoms with Gasteiger partial charge < -0.3 is 19.5 Å². The normalized spacial score (nSPS) is 15.9. The summed E-state index contributed by atoms with van der Waals surface area (Å²) in [5.74, 6) is 4.03. The summed E-state index contributed by atoms with van der Waals surface area (Å²) in [6.07, 6.45) is 6.53. The van der Waals surface area contributed by atoms with Gasteiger partial charge >= 0.3 is 0 Å². The van der Waals surface area contributed by atoms with Crippen LogP contribution in [0.15, 0.2) is 42.5 Å². The largest absolute Gasteiger partial charge is 0.467 e. The molecule has 0 saturated carbocycles. The molecule has 1 saturated heterocycles. The van der Waals surface area contributed by atoms with Gasteiger partial charge in [-0.3, -0.25) is 0 Å². The number of nitrogens with one attached hydrogen (secondary N) is 1. The highest BCUT2D eigenvalue weighted by Crippen LogP contribution is 2.36. The number of hydrogen-bond acceptors (Lipinski definition) is 6. The van der Waals surface area contributed by atoms with Gasteiger partial charge in [0.1, 0.15) is 11.4 Å². The average Bonchev–Trinajstić information content (AvgIpc) is 3.27. The first-order valence-electron chi connectivity index (χ1n) is 9.71. The Balaban J connectivity index is 1.77. The molecular formula is C23H23N3O3. The molecule has 2 heterocycles. The maximum absolute atomic E-state index is 5.84. The molecule has 29 heavy (non-hydrogen) atoms. The fraction of sp³-hybridized carbons (Fsp3) is 0.304. The van der Waals surface area contributed by atoms with E-state index in [0.717, 1.165) is 46.4 Å². The van der Waals surface area contributed by atoms with E-state index in [4.69, 9.17) is 20.6 Å². The van der Waals surface area contributed by atoms with E-state index in [9.17, 15) is 0 Å². The molecule has 6 nitrogen and oxygen atoms in total. The van der Waals surface area contributed by atoms with Crippen LogP contribution in [0.5, 0.6) is 5.75 Å². The molecule has 3 aromatic rings. The second-order valence-electron chi connectivity index (χ2n) is 6.76. The standard InChI is InChI=1S/C23H23N3O3/c1-3-16-9-10-20(21(13-16)29-15-27-4-2)22-18-7-5-6-8-19(18)23(26-25-22)24-17-11-12-28-14-17/h1,5-10,13,17H,4,11-12,14-15H2,2H3,(H,24,26). The van der Waals surface area contributed by atoms with Gasteiger partial charge in [-0.15, -0.1) is 16.6 Å². The molecule has 1 atom stereocenters. The SMILES string of the molecule is C#Cc1ccc(-c2nnc(NC3CCOC3)c3ccccc23)c(OCOCC)c1. The molecule has 6 heteroatoms. The number of aromatic nitrogens is 2. The topological polar surface area (TPSA) is 65.5 Å². The maximum Gasteiger partial charge on any atom is 0.189 e. The lowest BCUT2D eigenvalue weighted by Crippen LogP contribution is -2.20. The molecule has 1 aliphatic heterocycles. The van der Waals surface area contributed by atoms with Crippen molar-refractivity contribution in [2.75, 3.05) is 31.9 Å². The third-order valence-corrected chi connectivity index (χ3v) is 4.86. The average molecular weight is 389 g/mol. The summed E-state index contributed by atoms with van der Waals surface area (Å²) >= 11 is 0. The maximum atomic E-state index is 5.84. The van der Waals surface area contributed by atoms with Gasteiger partial charge in [0.05, 0.1) is 12.6 Å². The summed E-state index contributed by atoms with van der Waals surface area (Å²) in [5, 5.41) is 14.5. The van der Waals surface area contributed by atoms with E-state index in [1.807, 2.05) is 49.4 Å². The van der Waals surface area contributed by atoms with Crippen molar-refractivity contribution < 1.29 is 14.2 Å². The highest BCUT2D eigenvalue weighted by molar-refractivity contribution is 6.01. The molecule has 0 radical (unpaired) electrons. The van der Waals surface area contributed by atoms with Crippen LogP contribution < -0.4 is 10.1 Å². The Hall–Kier alpha value is -3.14. The Labute approximate surface area is 170 Å². The summed E-state index contributed by atoms with van der Waals surface area (Å²) < 4.78 is 16.7. The van der Waals surface area contributed by atoms with Crippen LogP contribution in [0.1, 0.15) is 18.9 Å². The quantitative estimate of drug-likeness (QED) is 0.376. The first kappa shape index (κ1) is 19.2. The number of rotatable bonds is 7. The minimum absolute atomic E-state index is 0.143. The number of nitrogens with zero attached hydrogens (tertiary/aromatic N) is 2. The smallest absolute Gasteiger partial charge is 0.189 e. The lowest BCUT2D eigenvalue weighted by molar-refractivity contribution is 0.0227. The molecule has 1 aromatic heterocycles. The zero-order valence-electron chi connectivity index (χ0n) is 16.4. The van der Waals surface area contributed by atoms with Crippen molar-refractivity contribution in [3.8, 4) is 29.4 Å². The van der Waals surface area contributed by atoms with Crippen LogP contribution in [0, 0.1) is 12.3 Å². The second kappa shape index (κ2) is 8.91. The minimum atomic E-state index is 0.143. The van der Waals surface area contributed by atoms with Crippen molar-refractivity contribution in [2.45, 2.75) is 19.4 Å². The van der Waals surface area contributed by atoms with E-state index < -0.39 is 0 Å². The van der Waals surface area contributed by atoms with Gasteiger partial charge in [0.15, 0.2) is 12.6 Å². The first-order chi connectivity index (χ1) is 14.3. The number of terminal acetylenes is 1. The van der Waals surface area contributed by atoms with Gasteiger partial charge in [0, 0.05) is 35.1 Å². The number of hydrogen-bond donors (Lipinski definition) is 1. The predicted octanol–water partition coefficient (Wildman–Crippen LogP) is 3.85. The molecule has 0 amide bonds. The van der Waals surface area contributed by atoms with Crippen LogP contribution in [-0.2, 0) is 9.47 Å². The molecule has 1 N–H and O–H groups in total. The van der Waals surface area contributed by atoms with Crippen LogP contribution >= 0.6 is 0 Å². The van der Waals surface area contributed by atoms with Gasteiger partial charge in [-0.05, 0) is 31.5 Å². The van der Waals surface area contributed by atoms with Crippen LogP contribution in [0.4, 0.5) is 5.82 Å². The summed E-state index contributed by atoms with van der Waals surface area (Å²) in [6, 6.07) is 13.9. The third kappa shape index (κ3) is 4.16. The van der Waals surface area contributed by atoms with E-state index in [-0.39, 0.29) is 12.8 Å². The summed E-state index contributed by atoms with van der Waals surface area (Å²) in [5.41, 5.74) is 2.30. The lowest BCUT2D eigenvalue weighted by atomic mass is 10.0. The molecule has 148 valence electrons. The molecule has 1 unspecified atom stereocenters. The number of anilines is 1. The fourth-order valence-corrected chi connectivity index (χ4v) is 3.37. The minimum Gasteiger partial charge on any atom is -0.467 e. The van der Waals surface area contributed by atoms with Gasteiger partial charge in [0.25, 0.3) is 0 Å². The van der Waals surface area contributed by atoms with E-state index in [0.29, 0.717) is 19.0 Å². The zero-order chi connectivity index (χ0) is 20.1. The third-order valence-electron chi connectivity index (χ3n) is 4.86. The van der Waals surface area contributed by atoms with Crippen molar-refractivity contribution in [1.29, 1.82) is 0 Å². The van der Waals surface area contributed by atoms with E-state index in [1.165, 1.54) is 0 Å². The van der Waals surface area contributed by atoms with Gasteiger partial charge in [-0.2, -0.15) is 0 Å². The summed E-state index contributed by atoms with van der Waals surface area (Å²) in [6.45, 7) is 4.08. The van der Waals surface area contributed by atoms with Crippen LogP contribution in [0.2, 0.25) is 0 Å². The molecular weight excluding hydrogens is 366 g/mol. The molecule has 0 bridgehead atoms. The molecule has 1 fully saturated rings. The van der Waals surface area contributed by atoms with Crippen molar-refractivity contribution >= 4 is 16.6 Å². The lowest BCUT2D eigenvalue weighted by Gasteiger charge is -2.16. The Morgan fingerprint density at radius 3 is 2.83 bits per heavy atom. The van der Waals surface area contributed by atoms with Crippen molar-refractivity contribution in [2.24, 2.45) is 0 Å². The zero-order valence-corrected chi connectivity index (χ0v) is 16.4. The highest BCUT2D eigenvalue weighted by Gasteiger charge is 2.19. The molecule has 0 aliphatic carbocycles. The van der Waals surface area contributed by atoms with Crippen LogP contribution in [0.3, 0.4) is 0 Å². The van der Waals surface area contributed by atoms with E-state index >= 15 is 0 Å².